The van der Waals surface area contributed by atoms with Crippen LogP contribution < -0.4 is 0 Å². The summed E-state index contributed by atoms with van der Waals surface area (Å²) in [6.45, 7) is 20.5. The zero-order chi connectivity index (χ0) is 27.8. The summed E-state index contributed by atoms with van der Waals surface area (Å²) in [6, 6.07) is 10.8. The quantitative estimate of drug-likeness (QED) is 0.342. The largest absolute Gasteiger partial charge is 0.237 e. The minimum absolute atomic E-state index is 0.0952. The second kappa shape index (κ2) is 9.35. The van der Waals surface area contributed by atoms with E-state index in [2.05, 4.69) is 96.6 Å². The molecule has 0 spiro atoms. The first kappa shape index (κ1) is 27.3. The van der Waals surface area contributed by atoms with Crippen molar-refractivity contribution in [2.75, 3.05) is 0 Å². The van der Waals surface area contributed by atoms with E-state index in [1.165, 1.54) is 74.7 Å². The highest BCUT2D eigenvalue weighted by Gasteiger charge is 2.63. The fourth-order valence-electron chi connectivity index (χ4n) is 11.0. The third-order valence-corrected chi connectivity index (χ3v) is 13.1. The molecule has 1 heterocycles. The monoisotopic (exact) mass is 526 g/mol. The Labute approximate surface area is 239 Å². The van der Waals surface area contributed by atoms with Gasteiger partial charge >= 0.3 is 0 Å². The normalized spacial score (nSPS) is 35.8. The van der Waals surface area contributed by atoms with Gasteiger partial charge in [0, 0.05) is 5.41 Å². The highest BCUT2D eigenvalue weighted by molar-refractivity contribution is 5.46. The smallest absolute Gasteiger partial charge is 0.0649 e. The lowest BCUT2D eigenvalue weighted by Crippen LogP contribution is -2.54. The van der Waals surface area contributed by atoms with Crippen molar-refractivity contribution in [3.63, 3.8) is 0 Å². The summed E-state index contributed by atoms with van der Waals surface area (Å²) in [4.78, 5) is 0. The molecule has 0 amide bonds. The van der Waals surface area contributed by atoms with Crippen LogP contribution in [0, 0.1) is 39.9 Å². The van der Waals surface area contributed by atoms with Crippen LogP contribution in [0.1, 0.15) is 124 Å². The Bertz CT molecular complexity index is 1250. The van der Waals surface area contributed by atoms with Gasteiger partial charge < -0.3 is 0 Å². The number of hydrogen-bond donors (Lipinski definition) is 0. The van der Waals surface area contributed by atoms with E-state index in [0.717, 1.165) is 24.2 Å². The van der Waals surface area contributed by atoms with Crippen molar-refractivity contribution in [2.24, 2.45) is 39.9 Å². The maximum Gasteiger partial charge on any atom is 0.0649 e. The van der Waals surface area contributed by atoms with Gasteiger partial charge in [-0.3, -0.25) is 0 Å². The Morgan fingerprint density at radius 2 is 1.64 bits per heavy atom. The Hall–Kier alpha value is -1.83. The molecule has 0 N–H and O–H groups in total. The molecule has 0 radical (unpaired) electrons. The molecule has 4 aliphatic rings. The fraction of sp³-hybridized carbons (Fsp3) is 0.703. The molecule has 212 valence electrons. The lowest BCUT2D eigenvalue weighted by atomic mass is 9.43. The summed E-state index contributed by atoms with van der Waals surface area (Å²) in [7, 11) is 0. The first-order valence-electron chi connectivity index (χ1n) is 16.3. The molecule has 39 heavy (non-hydrogen) atoms. The molecule has 0 saturated heterocycles. The molecule has 0 aliphatic heterocycles. The van der Waals surface area contributed by atoms with Crippen LogP contribution >= 0.6 is 0 Å². The maximum absolute atomic E-state index is 5.00. The molecule has 2 nitrogen and oxygen atoms in total. The predicted octanol–water partition coefficient (Wildman–Crippen LogP) is 10.1. The van der Waals surface area contributed by atoms with Crippen LogP contribution in [0.5, 0.6) is 0 Å². The SMILES string of the molecule is CC(C)CCCC(C)C1CCC2(C)C3=C(CCC12C)C1(C)Cc2cnn(-c4ccccc4)c2C(C)(C)C1CC3. The minimum atomic E-state index is 0.0952. The van der Waals surface area contributed by atoms with E-state index in [0.29, 0.717) is 16.7 Å². The van der Waals surface area contributed by atoms with Gasteiger partial charge in [0.25, 0.3) is 0 Å². The molecule has 0 bridgehead atoms. The van der Waals surface area contributed by atoms with Gasteiger partial charge in [-0.25, -0.2) is 4.68 Å². The molecule has 6 atom stereocenters. The number of aromatic nitrogens is 2. The molecule has 1 aromatic heterocycles. The third kappa shape index (κ3) is 3.89. The maximum atomic E-state index is 5.00. The summed E-state index contributed by atoms with van der Waals surface area (Å²) in [6.07, 6.45) is 15.8. The van der Waals surface area contributed by atoms with Gasteiger partial charge in [0.1, 0.15) is 0 Å². The van der Waals surface area contributed by atoms with Crippen molar-refractivity contribution >= 4 is 0 Å². The molecule has 2 heteroatoms. The van der Waals surface area contributed by atoms with Crippen molar-refractivity contribution in [2.45, 2.75) is 125 Å². The molecule has 1 aromatic carbocycles. The van der Waals surface area contributed by atoms with Crippen molar-refractivity contribution in [1.29, 1.82) is 0 Å². The average molecular weight is 527 g/mol. The lowest BCUT2D eigenvalue weighted by Gasteiger charge is -2.61. The third-order valence-electron chi connectivity index (χ3n) is 13.1. The van der Waals surface area contributed by atoms with Gasteiger partial charge in [-0.15, -0.1) is 0 Å². The first-order chi connectivity index (χ1) is 18.4. The molecule has 4 aliphatic carbocycles. The first-order valence-corrected chi connectivity index (χ1v) is 16.3. The molecule has 1 saturated carbocycles. The Morgan fingerprint density at radius 1 is 0.897 bits per heavy atom. The Kier molecular flexibility index (Phi) is 6.56. The van der Waals surface area contributed by atoms with Crippen LogP contribution in [0.3, 0.4) is 0 Å². The Morgan fingerprint density at radius 3 is 2.36 bits per heavy atom. The van der Waals surface area contributed by atoms with Crippen LogP contribution in [0.25, 0.3) is 5.69 Å². The lowest BCUT2D eigenvalue weighted by molar-refractivity contribution is 0.0133. The van der Waals surface area contributed by atoms with Gasteiger partial charge in [-0.05, 0) is 103 Å². The van der Waals surface area contributed by atoms with E-state index in [-0.39, 0.29) is 10.8 Å². The molecule has 2 aromatic rings. The summed E-state index contributed by atoms with van der Waals surface area (Å²) in [5.74, 6) is 3.23. The average Bonchev–Trinajstić information content (AvgIpc) is 3.43. The number of allylic oxidation sites excluding steroid dienone is 2. The molecule has 6 unspecified atom stereocenters. The van der Waals surface area contributed by atoms with Gasteiger partial charge in [0.15, 0.2) is 0 Å². The summed E-state index contributed by atoms with van der Waals surface area (Å²) in [5.41, 5.74) is 9.11. The van der Waals surface area contributed by atoms with Crippen LogP contribution in [0.15, 0.2) is 47.7 Å². The van der Waals surface area contributed by atoms with E-state index in [4.69, 9.17) is 5.10 Å². The number of benzene rings is 1. The summed E-state index contributed by atoms with van der Waals surface area (Å²) < 4.78 is 2.26. The number of hydrogen-bond acceptors (Lipinski definition) is 1. The van der Waals surface area contributed by atoms with Crippen LogP contribution in [0.2, 0.25) is 0 Å². The van der Waals surface area contributed by atoms with Crippen LogP contribution in [-0.4, -0.2) is 9.78 Å². The number of nitrogens with zero attached hydrogens (tertiary/aromatic N) is 2. The van der Waals surface area contributed by atoms with Gasteiger partial charge in [0.2, 0.25) is 0 Å². The van der Waals surface area contributed by atoms with E-state index in [9.17, 15) is 0 Å². The minimum Gasteiger partial charge on any atom is -0.237 e. The predicted molar refractivity (Wildman–Crippen MR) is 164 cm³/mol. The van der Waals surface area contributed by atoms with Crippen molar-refractivity contribution in [1.82, 2.24) is 9.78 Å². The zero-order valence-electron chi connectivity index (χ0n) is 26.2. The van der Waals surface area contributed by atoms with Crippen LogP contribution in [-0.2, 0) is 11.8 Å². The van der Waals surface area contributed by atoms with E-state index in [1.54, 1.807) is 0 Å². The summed E-state index contributed by atoms with van der Waals surface area (Å²) >= 11 is 0. The van der Waals surface area contributed by atoms with Crippen molar-refractivity contribution in [3.05, 3.63) is 58.9 Å². The van der Waals surface area contributed by atoms with Crippen LogP contribution in [0.4, 0.5) is 0 Å². The number of fused-ring (bicyclic) bond motifs is 5. The molecule has 1 fully saturated rings. The fourth-order valence-corrected chi connectivity index (χ4v) is 11.0. The molecular formula is C37H54N2. The second-order valence-electron chi connectivity index (χ2n) is 15.8. The topological polar surface area (TPSA) is 17.8 Å². The highest BCUT2D eigenvalue weighted by atomic mass is 15.3. The van der Waals surface area contributed by atoms with E-state index in [1.807, 2.05) is 11.1 Å². The Balaban J connectivity index is 1.35. The number of rotatable bonds is 6. The standard InChI is InChI=1S/C37H54N2/c1-25(2)13-12-14-26(3)29-19-21-37(8)31-17-18-32-34(4,5)33-27(24-38-39(33)28-15-10-9-11-16-28)23-35(32,6)30(31)20-22-36(29,37)7/h9-11,15-16,24-26,29,32H,12-14,17-23H2,1-8H3. The second-order valence-corrected chi connectivity index (χ2v) is 15.8. The molecular weight excluding hydrogens is 472 g/mol. The van der Waals surface area contributed by atoms with Crippen molar-refractivity contribution < 1.29 is 0 Å². The van der Waals surface area contributed by atoms with E-state index < -0.39 is 0 Å². The van der Waals surface area contributed by atoms with Gasteiger partial charge in [-0.1, -0.05) is 104 Å². The highest BCUT2D eigenvalue weighted by Crippen LogP contribution is 2.72. The van der Waals surface area contributed by atoms with Gasteiger partial charge in [-0.2, -0.15) is 5.10 Å². The zero-order valence-corrected chi connectivity index (χ0v) is 26.2. The number of para-hydroxylation sites is 1. The van der Waals surface area contributed by atoms with Crippen molar-refractivity contribution in [3.8, 4) is 5.69 Å². The summed E-state index contributed by atoms with van der Waals surface area (Å²) in [5, 5.41) is 5.00. The van der Waals surface area contributed by atoms with Gasteiger partial charge in [0.05, 0.1) is 17.6 Å². The molecule has 6 rings (SSSR count). The van der Waals surface area contributed by atoms with E-state index >= 15 is 0 Å².